The van der Waals surface area contributed by atoms with Crippen LogP contribution in [0, 0.1) is 0 Å². The molecule has 1 rings (SSSR count). The number of carbonyl (C=O) groups is 1. The van der Waals surface area contributed by atoms with Crippen LogP contribution in [0.2, 0.25) is 0 Å². The lowest BCUT2D eigenvalue weighted by atomic mass is 10.2. The molecule has 3 N–H and O–H groups in total. The number of aliphatic hydroxyl groups excluding tert-OH is 1. The third kappa shape index (κ3) is 2.86. The molecule has 4 heteroatoms. The Balaban J connectivity index is 2.13. The Morgan fingerprint density at radius 3 is 3.09 bits per heavy atom. The van der Waals surface area contributed by atoms with E-state index in [1.807, 2.05) is 0 Å². The molecular formula is C7H14N2O2. The fourth-order valence-electron chi connectivity index (χ4n) is 1.18. The summed E-state index contributed by atoms with van der Waals surface area (Å²) in [6.07, 6.45) is 1.22. The molecular weight excluding hydrogens is 144 g/mol. The average Bonchev–Trinajstić information content (AvgIpc) is 2.40. The summed E-state index contributed by atoms with van der Waals surface area (Å²) in [6, 6.07) is 0.272. The summed E-state index contributed by atoms with van der Waals surface area (Å²) in [5.41, 5.74) is 0. The fourth-order valence-corrected chi connectivity index (χ4v) is 1.18. The van der Waals surface area contributed by atoms with Crippen molar-refractivity contribution in [3.63, 3.8) is 0 Å². The van der Waals surface area contributed by atoms with E-state index in [9.17, 15) is 4.79 Å². The van der Waals surface area contributed by atoms with Gasteiger partial charge in [0, 0.05) is 19.0 Å². The van der Waals surface area contributed by atoms with E-state index in [4.69, 9.17) is 5.11 Å². The predicted octanol–water partition coefficient (Wildman–Crippen LogP) is -1.15. The van der Waals surface area contributed by atoms with Crippen LogP contribution in [0.1, 0.15) is 12.8 Å². The lowest BCUT2D eigenvalue weighted by Crippen LogP contribution is -2.36. The molecule has 11 heavy (non-hydrogen) atoms. The molecule has 1 fully saturated rings. The molecule has 1 atom stereocenters. The van der Waals surface area contributed by atoms with Crippen LogP contribution in [0.3, 0.4) is 0 Å². The van der Waals surface area contributed by atoms with Gasteiger partial charge in [-0.15, -0.1) is 0 Å². The smallest absolute Gasteiger partial charge is 0.222 e. The van der Waals surface area contributed by atoms with Gasteiger partial charge in [-0.05, 0) is 13.0 Å². The Hall–Kier alpha value is -0.610. The van der Waals surface area contributed by atoms with Crippen molar-refractivity contribution >= 4 is 5.91 Å². The minimum absolute atomic E-state index is 0.0544. The first kappa shape index (κ1) is 8.49. The van der Waals surface area contributed by atoms with Gasteiger partial charge in [-0.25, -0.2) is 0 Å². The summed E-state index contributed by atoms with van der Waals surface area (Å²) in [5.74, 6) is -0.0544. The van der Waals surface area contributed by atoms with Crippen molar-refractivity contribution in [3.8, 4) is 0 Å². The van der Waals surface area contributed by atoms with E-state index in [1.54, 1.807) is 0 Å². The number of rotatable bonds is 3. The summed E-state index contributed by atoms with van der Waals surface area (Å²) in [5, 5.41) is 14.4. The van der Waals surface area contributed by atoms with Crippen LogP contribution in [-0.2, 0) is 4.79 Å². The summed E-state index contributed by atoms with van der Waals surface area (Å²) < 4.78 is 0. The Kier molecular flexibility index (Phi) is 3.32. The highest BCUT2D eigenvalue weighted by Crippen LogP contribution is 1.96. The molecule has 1 amide bonds. The van der Waals surface area contributed by atoms with Gasteiger partial charge in [-0.2, -0.15) is 0 Å². The quantitative estimate of drug-likeness (QED) is 0.486. The summed E-state index contributed by atoms with van der Waals surface area (Å²) in [7, 11) is 0. The molecule has 0 aliphatic carbocycles. The maximum absolute atomic E-state index is 10.9. The van der Waals surface area contributed by atoms with E-state index in [0.717, 1.165) is 19.5 Å². The first-order chi connectivity index (χ1) is 5.33. The van der Waals surface area contributed by atoms with Crippen LogP contribution < -0.4 is 10.6 Å². The molecule has 64 valence electrons. The van der Waals surface area contributed by atoms with Crippen molar-refractivity contribution in [1.29, 1.82) is 0 Å². The van der Waals surface area contributed by atoms with E-state index >= 15 is 0 Å². The van der Waals surface area contributed by atoms with Crippen molar-refractivity contribution in [1.82, 2.24) is 10.6 Å². The fraction of sp³-hybridized carbons (Fsp3) is 0.857. The Bertz CT molecular complexity index is 132. The molecule has 0 radical (unpaired) electrons. The lowest BCUT2D eigenvalue weighted by Gasteiger charge is -2.09. The molecule has 0 aromatic heterocycles. The van der Waals surface area contributed by atoms with Gasteiger partial charge in [0.2, 0.25) is 5.91 Å². The van der Waals surface area contributed by atoms with E-state index < -0.39 is 0 Å². The number of aliphatic hydroxyl groups is 1. The molecule has 1 unspecified atom stereocenters. The zero-order chi connectivity index (χ0) is 8.10. The van der Waals surface area contributed by atoms with Crippen molar-refractivity contribution in [3.05, 3.63) is 0 Å². The number of carbonyl (C=O) groups excluding carboxylic acids is 1. The number of amides is 1. The Labute approximate surface area is 66.0 Å². The van der Waals surface area contributed by atoms with E-state index in [0.29, 0.717) is 0 Å². The van der Waals surface area contributed by atoms with E-state index in [1.165, 1.54) is 0 Å². The van der Waals surface area contributed by atoms with E-state index in [-0.39, 0.29) is 25.0 Å². The van der Waals surface area contributed by atoms with Crippen molar-refractivity contribution in [2.24, 2.45) is 0 Å². The van der Waals surface area contributed by atoms with Gasteiger partial charge in [-0.1, -0.05) is 0 Å². The summed E-state index contributed by atoms with van der Waals surface area (Å²) in [6.45, 7) is 1.77. The standard InChI is InChI=1S/C7H14N2O2/c10-4-2-7(11)9-6-1-3-8-5-6/h6,8,10H,1-5H2,(H,9,11). The highest BCUT2D eigenvalue weighted by molar-refractivity contribution is 5.76. The highest BCUT2D eigenvalue weighted by atomic mass is 16.3. The monoisotopic (exact) mass is 158 g/mol. The molecule has 1 aliphatic heterocycles. The van der Waals surface area contributed by atoms with Crippen LogP contribution in [0.25, 0.3) is 0 Å². The van der Waals surface area contributed by atoms with Gasteiger partial charge in [0.25, 0.3) is 0 Å². The third-order valence-electron chi connectivity index (χ3n) is 1.76. The van der Waals surface area contributed by atoms with Gasteiger partial charge < -0.3 is 15.7 Å². The zero-order valence-corrected chi connectivity index (χ0v) is 6.47. The van der Waals surface area contributed by atoms with Crippen LogP contribution in [0.4, 0.5) is 0 Å². The molecule has 1 heterocycles. The maximum atomic E-state index is 10.9. The molecule has 0 aromatic carbocycles. The van der Waals surface area contributed by atoms with Gasteiger partial charge >= 0.3 is 0 Å². The summed E-state index contributed by atoms with van der Waals surface area (Å²) in [4.78, 5) is 10.9. The normalized spacial score (nSPS) is 23.5. The maximum Gasteiger partial charge on any atom is 0.222 e. The lowest BCUT2D eigenvalue weighted by molar-refractivity contribution is -0.122. The van der Waals surface area contributed by atoms with Gasteiger partial charge in [0.15, 0.2) is 0 Å². The molecule has 1 aliphatic rings. The third-order valence-corrected chi connectivity index (χ3v) is 1.76. The first-order valence-electron chi connectivity index (χ1n) is 3.94. The largest absolute Gasteiger partial charge is 0.396 e. The minimum atomic E-state index is -0.0635. The van der Waals surface area contributed by atoms with Crippen molar-refractivity contribution in [2.45, 2.75) is 18.9 Å². The molecule has 0 spiro atoms. The second kappa shape index (κ2) is 4.31. The Morgan fingerprint density at radius 1 is 1.73 bits per heavy atom. The molecule has 1 saturated heterocycles. The highest BCUT2D eigenvalue weighted by Gasteiger charge is 2.15. The van der Waals surface area contributed by atoms with Gasteiger partial charge in [0.1, 0.15) is 0 Å². The molecule has 0 saturated carbocycles. The van der Waals surface area contributed by atoms with Crippen molar-refractivity contribution < 1.29 is 9.90 Å². The number of hydrogen-bond acceptors (Lipinski definition) is 3. The number of nitrogens with one attached hydrogen (secondary N) is 2. The van der Waals surface area contributed by atoms with E-state index in [2.05, 4.69) is 10.6 Å². The minimum Gasteiger partial charge on any atom is -0.396 e. The number of hydrogen-bond donors (Lipinski definition) is 3. The Morgan fingerprint density at radius 2 is 2.55 bits per heavy atom. The van der Waals surface area contributed by atoms with Gasteiger partial charge in [-0.3, -0.25) is 4.79 Å². The van der Waals surface area contributed by atoms with Crippen LogP contribution in [0.15, 0.2) is 0 Å². The predicted molar refractivity (Wildman–Crippen MR) is 41.1 cm³/mol. The van der Waals surface area contributed by atoms with Crippen LogP contribution in [-0.4, -0.2) is 36.8 Å². The van der Waals surface area contributed by atoms with Crippen molar-refractivity contribution in [2.75, 3.05) is 19.7 Å². The second-order valence-corrected chi connectivity index (χ2v) is 2.73. The average molecular weight is 158 g/mol. The molecule has 4 nitrogen and oxygen atoms in total. The van der Waals surface area contributed by atoms with Crippen LogP contribution >= 0.6 is 0 Å². The molecule has 0 aromatic rings. The molecule has 0 bridgehead atoms. The van der Waals surface area contributed by atoms with Gasteiger partial charge in [0.05, 0.1) is 6.61 Å². The SMILES string of the molecule is O=C(CCO)NC1CCNC1. The zero-order valence-electron chi connectivity index (χ0n) is 6.47. The first-order valence-corrected chi connectivity index (χ1v) is 3.94. The second-order valence-electron chi connectivity index (χ2n) is 2.73. The summed E-state index contributed by atoms with van der Waals surface area (Å²) >= 11 is 0. The topological polar surface area (TPSA) is 61.4 Å². The van der Waals surface area contributed by atoms with Crippen LogP contribution in [0.5, 0.6) is 0 Å².